The topological polar surface area (TPSA) is 48.5 Å². The Morgan fingerprint density at radius 3 is 2.52 bits per heavy atom. The summed E-state index contributed by atoms with van der Waals surface area (Å²) in [6, 6.07) is 9.10. The third-order valence-corrected chi connectivity index (χ3v) is 4.74. The van der Waals surface area contributed by atoms with E-state index in [1.165, 1.54) is 6.07 Å². The molecule has 1 aromatic carbocycles. The number of rotatable bonds is 4. The molecule has 2 aliphatic rings. The van der Waals surface area contributed by atoms with Gasteiger partial charge in [-0.1, -0.05) is 12.1 Å². The van der Waals surface area contributed by atoms with E-state index in [1.54, 1.807) is 18.5 Å². The second-order valence-corrected chi connectivity index (χ2v) is 6.61. The van der Waals surface area contributed by atoms with Gasteiger partial charge in [-0.3, -0.25) is 9.78 Å². The number of hydrogen-bond acceptors (Lipinski definition) is 4. The Morgan fingerprint density at radius 2 is 1.80 bits per heavy atom. The van der Waals surface area contributed by atoms with E-state index in [9.17, 15) is 9.18 Å². The van der Waals surface area contributed by atoms with Crippen molar-refractivity contribution in [3.63, 3.8) is 0 Å². The third-order valence-electron chi connectivity index (χ3n) is 4.74. The molecular weight excluding hydrogens is 319 g/mol. The zero-order valence-corrected chi connectivity index (χ0v) is 14.0. The lowest BCUT2D eigenvalue weighted by molar-refractivity contribution is 0.0950. The van der Waals surface area contributed by atoms with Crippen molar-refractivity contribution in [1.82, 2.24) is 10.3 Å². The molecular formula is C19H21FN4O. The first-order chi connectivity index (χ1) is 12.2. The summed E-state index contributed by atoms with van der Waals surface area (Å²) in [6.07, 6.45) is 5.53. The van der Waals surface area contributed by atoms with E-state index in [-0.39, 0.29) is 11.7 Å². The van der Waals surface area contributed by atoms with Crippen molar-refractivity contribution >= 4 is 17.3 Å². The van der Waals surface area contributed by atoms with Crippen LogP contribution in [-0.2, 0) is 0 Å². The number of hydrogen-bond donors (Lipinski definition) is 1. The van der Waals surface area contributed by atoms with Crippen molar-refractivity contribution in [3.05, 3.63) is 54.1 Å². The van der Waals surface area contributed by atoms with Crippen LogP contribution in [0.3, 0.4) is 0 Å². The zero-order chi connectivity index (χ0) is 17.2. The van der Waals surface area contributed by atoms with Gasteiger partial charge in [0, 0.05) is 38.4 Å². The van der Waals surface area contributed by atoms with E-state index in [0.717, 1.165) is 44.7 Å². The summed E-state index contributed by atoms with van der Waals surface area (Å²) in [6.45, 7) is 3.01. The lowest BCUT2D eigenvalue weighted by atomic mass is 10.2. The van der Waals surface area contributed by atoms with Gasteiger partial charge in [-0.05, 0) is 31.0 Å². The van der Waals surface area contributed by atoms with Crippen molar-refractivity contribution in [3.8, 4) is 0 Å². The molecule has 1 aliphatic heterocycles. The first-order valence-electron chi connectivity index (χ1n) is 8.71. The number of carbonyl (C=O) groups is 1. The highest BCUT2D eigenvalue weighted by Crippen LogP contribution is 2.23. The predicted octanol–water partition coefficient (Wildman–Crippen LogP) is 2.44. The summed E-state index contributed by atoms with van der Waals surface area (Å²) in [5, 5.41) is 2.99. The molecule has 6 heteroatoms. The molecule has 5 nitrogen and oxygen atoms in total. The van der Waals surface area contributed by atoms with Gasteiger partial charge in [0.2, 0.25) is 0 Å². The standard InChI is InChI=1S/C19H21FN4O/c20-17-3-1-2-4-18(17)24-9-7-23(8-10-24)16-11-14(12-21-13-16)19(25)22-15-5-6-15/h1-4,11-13,15H,5-10H2,(H,22,25). The number of para-hydroxylation sites is 1. The van der Waals surface area contributed by atoms with Gasteiger partial charge in [-0.15, -0.1) is 0 Å². The van der Waals surface area contributed by atoms with Crippen LogP contribution < -0.4 is 15.1 Å². The fraction of sp³-hybridized carbons (Fsp3) is 0.368. The normalized spacial score (nSPS) is 17.5. The molecule has 2 heterocycles. The molecule has 130 valence electrons. The van der Waals surface area contributed by atoms with Crippen LogP contribution in [0.2, 0.25) is 0 Å². The highest BCUT2D eigenvalue weighted by molar-refractivity contribution is 5.95. The number of nitrogens with zero attached hydrogens (tertiary/aromatic N) is 3. The van der Waals surface area contributed by atoms with Gasteiger partial charge in [0.15, 0.2) is 0 Å². The second kappa shape index (κ2) is 6.70. The van der Waals surface area contributed by atoms with Gasteiger partial charge in [0.05, 0.1) is 23.1 Å². The molecule has 0 atom stereocenters. The van der Waals surface area contributed by atoms with Gasteiger partial charge in [-0.25, -0.2) is 4.39 Å². The SMILES string of the molecule is O=C(NC1CC1)c1cncc(N2CCN(c3ccccc3F)CC2)c1. The number of anilines is 2. The van der Waals surface area contributed by atoms with Gasteiger partial charge in [0.25, 0.3) is 5.91 Å². The van der Waals surface area contributed by atoms with Crippen LogP contribution >= 0.6 is 0 Å². The molecule has 1 aromatic heterocycles. The molecule has 25 heavy (non-hydrogen) atoms. The first-order valence-corrected chi connectivity index (χ1v) is 8.71. The number of amides is 1. The summed E-state index contributed by atoms with van der Waals surface area (Å²) in [4.78, 5) is 20.7. The van der Waals surface area contributed by atoms with Crippen molar-refractivity contribution < 1.29 is 9.18 Å². The highest BCUT2D eigenvalue weighted by Gasteiger charge is 2.25. The van der Waals surface area contributed by atoms with Crippen molar-refractivity contribution in [2.75, 3.05) is 36.0 Å². The highest BCUT2D eigenvalue weighted by atomic mass is 19.1. The molecule has 0 spiro atoms. The molecule has 0 radical (unpaired) electrons. The minimum atomic E-state index is -0.184. The molecule has 0 bridgehead atoms. The van der Waals surface area contributed by atoms with Gasteiger partial charge < -0.3 is 15.1 Å². The van der Waals surface area contributed by atoms with E-state index in [2.05, 4.69) is 20.1 Å². The van der Waals surface area contributed by atoms with E-state index in [0.29, 0.717) is 17.3 Å². The van der Waals surface area contributed by atoms with E-state index < -0.39 is 0 Å². The molecule has 1 saturated carbocycles. The number of aromatic nitrogens is 1. The maximum atomic E-state index is 13.9. The Bertz CT molecular complexity index is 770. The molecule has 1 N–H and O–H groups in total. The Morgan fingerprint density at radius 1 is 1.08 bits per heavy atom. The van der Waals surface area contributed by atoms with E-state index in [1.807, 2.05) is 18.2 Å². The molecule has 2 fully saturated rings. The molecule has 2 aromatic rings. The summed E-state index contributed by atoms with van der Waals surface area (Å²) < 4.78 is 13.9. The minimum absolute atomic E-state index is 0.0538. The number of pyridine rings is 1. The van der Waals surface area contributed by atoms with E-state index >= 15 is 0 Å². The van der Waals surface area contributed by atoms with Crippen LogP contribution in [-0.4, -0.2) is 43.1 Å². The predicted molar refractivity (Wildman–Crippen MR) is 95.6 cm³/mol. The molecule has 1 aliphatic carbocycles. The Hall–Kier alpha value is -2.63. The van der Waals surface area contributed by atoms with Crippen LogP contribution in [0.5, 0.6) is 0 Å². The van der Waals surface area contributed by atoms with Crippen molar-refractivity contribution in [2.24, 2.45) is 0 Å². The van der Waals surface area contributed by atoms with Crippen molar-refractivity contribution in [2.45, 2.75) is 18.9 Å². The number of halogens is 1. The lowest BCUT2D eigenvalue weighted by Gasteiger charge is -2.37. The first kappa shape index (κ1) is 15.9. The van der Waals surface area contributed by atoms with Crippen LogP contribution in [0.25, 0.3) is 0 Å². The van der Waals surface area contributed by atoms with Crippen LogP contribution in [0.1, 0.15) is 23.2 Å². The maximum Gasteiger partial charge on any atom is 0.253 e. The van der Waals surface area contributed by atoms with Crippen LogP contribution in [0, 0.1) is 5.82 Å². The van der Waals surface area contributed by atoms with Crippen LogP contribution in [0.15, 0.2) is 42.7 Å². The van der Waals surface area contributed by atoms with Gasteiger partial charge in [-0.2, -0.15) is 0 Å². The van der Waals surface area contributed by atoms with Gasteiger partial charge in [0.1, 0.15) is 5.82 Å². The van der Waals surface area contributed by atoms with Gasteiger partial charge >= 0.3 is 0 Å². The zero-order valence-electron chi connectivity index (χ0n) is 14.0. The minimum Gasteiger partial charge on any atom is -0.367 e. The summed E-state index contributed by atoms with van der Waals surface area (Å²) in [7, 11) is 0. The lowest BCUT2D eigenvalue weighted by Crippen LogP contribution is -2.47. The molecule has 1 saturated heterocycles. The number of benzene rings is 1. The molecule has 4 rings (SSSR count). The molecule has 0 unspecified atom stereocenters. The van der Waals surface area contributed by atoms with Crippen molar-refractivity contribution in [1.29, 1.82) is 0 Å². The quantitative estimate of drug-likeness (QED) is 0.929. The third kappa shape index (κ3) is 3.57. The number of nitrogens with one attached hydrogen (secondary N) is 1. The average Bonchev–Trinajstić information content (AvgIpc) is 3.46. The fourth-order valence-electron chi connectivity index (χ4n) is 3.14. The van der Waals surface area contributed by atoms with Crippen LogP contribution in [0.4, 0.5) is 15.8 Å². The summed E-state index contributed by atoms with van der Waals surface area (Å²) in [5.41, 5.74) is 2.19. The fourth-order valence-corrected chi connectivity index (χ4v) is 3.14. The second-order valence-electron chi connectivity index (χ2n) is 6.61. The summed E-state index contributed by atoms with van der Waals surface area (Å²) >= 11 is 0. The number of piperazine rings is 1. The Balaban J connectivity index is 1.42. The Kier molecular flexibility index (Phi) is 4.26. The van der Waals surface area contributed by atoms with E-state index in [4.69, 9.17) is 0 Å². The average molecular weight is 340 g/mol. The largest absolute Gasteiger partial charge is 0.367 e. The Labute approximate surface area is 146 Å². The maximum absolute atomic E-state index is 13.9. The summed E-state index contributed by atoms with van der Waals surface area (Å²) in [5.74, 6) is -0.238. The monoisotopic (exact) mass is 340 g/mol. The number of carbonyl (C=O) groups excluding carboxylic acids is 1. The molecule has 1 amide bonds. The smallest absolute Gasteiger partial charge is 0.253 e.